The van der Waals surface area contributed by atoms with Gasteiger partial charge in [-0.3, -0.25) is 9.59 Å². The number of benzene rings is 3. The van der Waals surface area contributed by atoms with Gasteiger partial charge in [-0.2, -0.15) is 0 Å². The lowest BCUT2D eigenvalue weighted by molar-refractivity contribution is -0.119. The van der Waals surface area contributed by atoms with Crippen LogP contribution in [-0.4, -0.2) is 18.6 Å². The molecule has 0 atom stereocenters. The van der Waals surface area contributed by atoms with E-state index in [2.05, 4.69) is 10.6 Å². The van der Waals surface area contributed by atoms with Crippen molar-refractivity contribution in [2.24, 2.45) is 0 Å². The first kappa shape index (κ1) is 20.9. The van der Waals surface area contributed by atoms with Crippen LogP contribution in [0.25, 0.3) is 12.2 Å². The molecular weight excluding hydrogens is 404 g/mol. The van der Waals surface area contributed by atoms with Crippen LogP contribution in [0.15, 0.2) is 91.0 Å². The smallest absolute Gasteiger partial charge is 0.245 e. The van der Waals surface area contributed by atoms with E-state index in [1.165, 1.54) is 12.2 Å². The third kappa shape index (κ3) is 5.64. The summed E-state index contributed by atoms with van der Waals surface area (Å²) in [5, 5.41) is 5.67. The fourth-order valence-corrected chi connectivity index (χ4v) is 3.15. The highest BCUT2D eigenvalue weighted by Gasteiger charge is 2.20. The number of rotatable bonds is 7. The van der Waals surface area contributed by atoms with E-state index in [-0.39, 0.29) is 18.6 Å². The summed E-state index contributed by atoms with van der Waals surface area (Å²) in [7, 11) is 0. The van der Waals surface area contributed by atoms with Crippen molar-refractivity contribution in [3.05, 3.63) is 108 Å². The van der Waals surface area contributed by atoms with Crippen LogP contribution in [0, 0.1) is 0 Å². The van der Waals surface area contributed by atoms with Crippen LogP contribution in [0.4, 0.5) is 0 Å². The van der Waals surface area contributed by atoms with Gasteiger partial charge in [-0.1, -0.05) is 66.7 Å². The minimum absolute atomic E-state index is 0.141. The maximum absolute atomic E-state index is 12.6. The third-order valence-electron chi connectivity index (χ3n) is 4.76. The average Bonchev–Trinajstić information content (AvgIpc) is 3.30. The lowest BCUT2D eigenvalue weighted by atomic mass is 10.1. The van der Waals surface area contributed by atoms with Crippen molar-refractivity contribution in [2.75, 3.05) is 6.79 Å². The van der Waals surface area contributed by atoms with E-state index in [4.69, 9.17) is 9.47 Å². The number of ether oxygens (including phenoxy) is 2. The summed E-state index contributed by atoms with van der Waals surface area (Å²) >= 11 is 0. The zero-order chi connectivity index (χ0) is 22.2. The third-order valence-corrected chi connectivity index (χ3v) is 4.76. The topological polar surface area (TPSA) is 76.7 Å². The van der Waals surface area contributed by atoms with E-state index >= 15 is 0 Å². The van der Waals surface area contributed by atoms with E-state index < -0.39 is 6.17 Å². The molecule has 0 bridgehead atoms. The largest absolute Gasteiger partial charge is 0.454 e. The fraction of sp³-hybridized carbons (Fsp3) is 0.0769. The Kier molecular flexibility index (Phi) is 6.63. The Morgan fingerprint density at radius 2 is 1.25 bits per heavy atom. The molecule has 2 amide bonds. The SMILES string of the molecule is O=C(/C=C/c1ccccc1)NC(NC(=O)/C=C/c1ccccc1)c1ccc2c(c1)OCO2. The number of hydrogen-bond acceptors (Lipinski definition) is 4. The molecule has 2 N–H and O–H groups in total. The quantitative estimate of drug-likeness (QED) is 0.441. The molecule has 0 spiro atoms. The molecule has 160 valence electrons. The highest BCUT2D eigenvalue weighted by atomic mass is 16.7. The molecule has 0 unspecified atom stereocenters. The van der Waals surface area contributed by atoms with Crippen molar-refractivity contribution in [3.8, 4) is 11.5 Å². The van der Waals surface area contributed by atoms with Crippen LogP contribution in [0.2, 0.25) is 0 Å². The second-order valence-electron chi connectivity index (χ2n) is 7.05. The second-order valence-corrected chi connectivity index (χ2v) is 7.05. The summed E-state index contributed by atoms with van der Waals surface area (Å²) in [5.41, 5.74) is 2.46. The molecule has 1 aliphatic rings. The molecule has 6 heteroatoms. The zero-order valence-corrected chi connectivity index (χ0v) is 17.2. The van der Waals surface area contributed by atoms with E-state index in [0.717, 1.165) is 11.1 Å². The summed E-state index contributed by atoms with van der Waals surface area (Å²) in [4.78, 5) is 25.1. The van der Waals surface area contributed by atoms with Gasteiger partial charge in [0.15, 0.2) is 11.5 Å². The van der Waals surface area contributed by atoms with Gasteiger partial charge in [-0.05, 0) is 41.0 Å². The van der Waals surface area contributed by atoms with Crippen molar-refractivity contribution >= 4 is 24.0 Å². The van der Waals surface area contributed by atoms with Crippen LogP contribution in [0.5, 0.6) is 11.5 Å². The van der Waals surface area contributed by atoms with Gasteiger partial charge in [-0.15, -0.1) is 0 Å². The first-order valence-electron chi connectivity index (χ1n) is 10.1. The van der Waals surface area contributed by atoms with E-state index in [0.29, 0.717) is 17.1 Å². The standard InChI is InChI=1S/C26H22N2O4/c29-24(15-11-19-7-3-1-4-8-19)27-26(21-13-14-22-23(17-21)32-18-31-22)28-25(30)16-12-20-9-5-2-6-10-20/h1-17,26H,18H2,(H,27,29)(H,28,30)/b15-11+,16-12+. The van der Waals surface area contributed by atoms with Crippen LogP contribution in [0.1, 0.15) is 22.9 Å². The molecule has 0 saturated carbocycles. The Balaban J connectivity index is 1.50. The molecule has 1 aliphatic heterocycles. The summed E-state index contributed by atoms with van der Waals surface area (Å²) in [6.45, 7) is 0.141. The van der Waals surface area contributed by atoms with Crippen LogP contribution >= 0.6 is 0 Å². The van der Waals surface area contributed by atoms with Crippen LogP contribution in [0.3, 0.4) is 0 Å². The van der Waals surface area contributed by atoms with Gasteiger partial charge >= 0.3 is 0 Å². The van der Waals surface area contributed by atoms with Gasteiger partial charge in [0.1, 0.15) is 6.17 Å². The van der Waals surface area contributed by atoms with Gasteiger partial charge in [0.25, 0.3) is 0 Å². The number of fused-ring (bicyclic) bond motifs is 1. The molecule has 0 fully saturated rings. The van der Waals surface area contributed by atoms with E-state index in [9.17, 15) is 9.59 Å². The summed E-state index contributed by atoms with van der Waals surface area (Å²) in [5.74, 6) is 0.501. The van der Waals surface area contributed by atoms with Gasteiger partial charge in [-0.25, -0.2) is 0 Å². The van der Waals surface area contributed by atoms with Crippen molar-refractivity contribution in [1.29, 1.82) is 0 Å². The first-order chi connectivity index (χ1) is 15.7. The molecule has 6 nitrogen and oxygen atoms in total. The Hall–Kier alpha value is -4.32. The minimum Gasteiger partial charge on any atom is -0.454 e. The zero-order valence-electron chi connectivity index (χ0n) is 17.2. The normalized spacial score (nSPS) is 12.4. The fourth-order valence-electron chi connectivity index (χ4n) is 3.15. The van der Waals surface area contributed by atoms with Crippen molar-refractivity contribution in [1.82, 2.24) is 10.6 Å². The maximum Gasteiger partial charge on any atom is 0.245 e. The van der Waals surface area contributed by atoms with E-state index in [1.807, 2.05) is 60.7 Å². The molecule has 0 radical (unpaired) electrons. The molecule has 0 aliphatic carbocycles. The number of nitrogens with one attached hydrogen (secondary N) is 2. The molecule has 32 heavy (non-hydrogen) atoms. The monoisotopic (exact) mass is 426 g/mol. The molecule has 4 rings (SSSR count). The second kappa shape index (κ2) is 10.1. The number of carbonyl (C=O) groups is 2. The predicted molar refractivity (Wildman–Crippen MR) is 123 cm³/mol. The summed E-state index contributed by atoms with van der Waals surface area (Å²) in [6.07, 6.45) is 5.53. The Morgan fingerprint density at radius 3 is 1.81 bits per heavy atom. The van der Waals surface area contributed by atoms with Crippen molar-refractivity contribution < 1.29 is 19.1 Å². The molecular formula is C26H22N2O4. The van der Waals surface area contributed by atoms with Gasteiger partial charge in [0.2, 0.25) is 18.6 Å². The minimum atomic E-state index is -0.759. The molecule has 0 aromatic heterocycles. The summed E-state index contributed by atoms with van der Waals surface area (Å²) < 4.78 is 10.8. The molecule has 0 saturated heterocycles. The van der Waals surface area contributed by atoms with Gasteiger partial charge in [0.05, 0.1) is 0 Å². The summed E-state index contributed by atoms with van der Waals surface area (Å²) in [6, 6.07) is 24.3. The molecule has 3 aromatic rings. The number of amides is 2. The lowest BCUT2D eigenvalue weighted by Gasteiger charge is -2.19. The molecule has 1 heterocycles. The highest BCUT2D eigenvalue weighted by molar-refractivity contribution is 5.94. The van der Waals surface area contributed by atoms with Crippen LogP contribution < -0.4 is 20.1 Å². The predicted octanol–water partition coefficient (Wildman–Crippen LogP) is 4.07. The average molecular weight is 426 g/mol. The first-order valence-corrected chi connectivity index (χ1v) is 10.1. The highest BCUT2D eigenvalue weighted by Crippen LogP contribution is 2.33. The van der Waals surface area contributed by atoms with Gasteiger partial charge in [0, 0.05) is 12.2 Å². The number of hydrogen-bond donors (Lipinski definition) is 2. The Morgan fingerprint density at radius 1 is 0.719 bits per heavy atom. The van der Waals surface area contributed by atoms with E-state index in [1.54, 1.807) is 30.4 Å². The Bertz CT molecular complexity index is 1080. The lowest BCUT2D eigenvalue weighted by Crippen LogP contribution is -2.39. The maximum atomic E-state index is 12.6. The van der Waals surface area contributed by atoms with Crippen molar-refractivity contribution in [2.45, 2.75) is 6.17 Å². The molecule has 3 aromatic carbocycles. The number of carbonyl (C=O) groups excluding carboxylic acids is 2. The Labute approximate surface area is 186 Å². The van der Waals surface area contributed by atoms with Crippen LogP contribution in [-0.2, 0) is 9.59 Å². The van der Waals surface area contributed by atoms with Crippen molar-refractivity contribution in [3.63, 3.8) is 0 Å². The van der Waals surface area contributed by atoms with Gasteiger partial charge < -0.3 is 20.1 Å².